The third kappa shape index (κ3) is 51.3. The minimum Gasteiger partial charge on any atom is -0.387 e. The van der Waals surface area contributed by atoms with E-state index in [1.807, 2.05) is 27.2 Å². The lowest BCUT2D eigenvalue weighted by Gasteiger charge is -2.25. The Morgan fingerprint density at radius 1 is 0.515 bits per heavy atom. The molecule has 0 saturated heterocycles. The number of unbranched alkanes of at least 4 members (excludes halogenated alkanes) is 22. The Hall–Kier alpha value is -2.58. The van der Waals surface area contributed by atoms with E-state index in [-0.39, 0.29) is 19.1 Å². The number of rotatable bonds is 49. The average molecular weight is 970 g/mol. The molecule has 0 aromatic rings. The maximum atomic E-state index is 13.0. The normalized spacial score (nSPS) is 14.8. The Kier molecular flexibility index (Phi) is 47.5. The molecule has 0 fully saturated rings. The molecule has 0 aliphatic heterocycles. The quantitative estimate of drug-likeness (QED) is 0.0243. The molecule has 0 saturated carbocycles. The number of likely N-dealkylation sites (N-methyl/N-ethyl adjacent to an activating group) is 1. The van der Waals surface area contributed by atoms with Crippen LogP contribution in [0.25, 0.3) is 0 Å². The van der Waals surface area contributed by atoms with Gasteiger partial charge in [0.2, 0.25) is 5.91 Å². The highest BCUT2D eigenvalue weighted by molar-refractivity contribution is 7.47. The van der Waals surface area contributed by atoms with Gasteiger partial charge < -0.3 is 19.8 Å². The summed E-state index contributed by atoms with van der Waals surface area (Å²) >= 11 is 0. The van der Waals surface area contributed by atoms with Gasteiger partial charge in [0.1, 0.15) is 13.2 Å². The molecule has 0 bridgehead atoms. The first kappa shape index (κ1) is 65.4. The number of nitrogens with one attached hydrogen (secondary N) is 1. The van der Waals surface area contributed by atoms with Crippen LogP contribution in [0.1, 0.15) is 219 Å². The van der Waals surface area contributed by atoms with Crippen molar-refractivity contribution in [2.75, 3.05) is 40.9 Å². The van der Waals surface area contributed by atoms with Crippen LogP contribution in [0.3, 0.4) is 0 Å². The van der Waals surface area contributed by atoms with Gasteiger partial charge in [0, 0.05) is 6.42 Å². The Morgan fingerprint density at radius 2 is 0.897 bits per heavy atom. The van der Waals surface area contributed by atoms with Crippen LogP contribution < -0.4 is 5.32 Å². The van der Waals surface area contributed by atoms with E-state index in [2.05, 4.69) is 104 Å². The van der Waals surface area contributed by atoms with Gasteiger partial charge in [0.15, 0.2) is 0 Å². The standard InChI is InChI=1S/C59H105N2O6P/c1-6-8-10-12-14-16-18-20-22-24-26-27-28-29-30-31-32-33-35-37-39-41-43-45-47-49-51-53-59(63)60-57(56-67-68(64,65)66-55-54-61(3,4)5)58(62)52-50-48-46-44-42-40-38-36-34-25-23-21-19-17-15-13-11-9-7-2/h8,10,14,16,20,22,26-27,29-30,34,36,42,44,50,52,57-58,62H,6-7,9,11-13,15,17-19,21,23-25,28,31-33,35,37-41,43,45-49,51,53-56H2,1-5H3,(H-,60,63,64,65)/p+1/b10-8-,16-14-,22-20-,27-26-,30-29-,36-34+,44-42+,52-50+. The summed E-state index contributed by atoms with van der Waals surface area (Å²) in [6, 6.07) is -0.878. The maximum absolute atomic E-state index is 13.0. The van der Waals surface area contributed by atoms with E-state index in [4.69, 9.17) is 9.05 Å². The van der Waals surface area contributed by atoms with Crippen LogP contribution in [0.5, 0.6) is 0 Å². The van der Waals surface area contributed by atoms with E-state index in [9.17, 15) is 19.4 Å². The van der Waals surface area contributed by atoms with Crippen LogP contribution in [-0.2, 0) is 18.4 Å². The fourth-order valence-corrected chi connectivity index (χ4v) is 8.19. The zero-order valence-electron chi connectivity index (χ0n) is 44.6. The third-order valence-electron chi connectivity index (χ3n) is 11.8. The molecule has 3 unspecified atom stereocenters. The molecule has 0 radical (unpaired) electrons. The molecule has 9 heteroatoms. The molecule has 68 heavy (non-hydrogen) atoms. The topological polar surface area (TPSA) is 105 Å². The fourth-order valence-electron chi connectivity index (χ4n) is 7.45. The summed E-state index contributed by atoms with van der Waals surface area (Å²) < 4.78 is 23.7. The first-order chi connectivity index (χ1) is 33.0. The molecule has 3 atom stereocenters. The van der Waals surface area contributed by atoms with Gasteiger partial charge in [-0.05, 0) is 89.9 Å². The van der Waals surface area contributed by atoms with Gasteiger partial charge in [-0.3, -0.25) is 13.8 Å². The molecule has 0 aliphatic carbocycles. The van der Waals surface area contributed by atoms with Crippen LogP contribution in [0.2, 0.25) is 0 Å². The molecule has 0 heterocycles. The van der Waals surface area contributed by atoms with Gasteiger partial charge in [0.25, 0.3) is 0 Å². The average Bonchev–Trinajstić information content (AvgIpc) is 3.30. The van der Waals surface area contributed by atoms with Crippen molar-refractivity contribution in [3.63, 3.8) is 0 Å². The molecule has 0 spiro atoms. The molecule has 3 N–H and O–H groups in total. The molecule has 0 aliphatic rings. The number of hydrogen-bond acceptors (Lipinski definition) is 5. The van der Waals surface area contributed by atoms with Crippen LogP contribution >= 0.6 is 7.82 Å². The molecule has 392 valence electrons. The molecule has 0 aromatic carbocycles. The first-order valence-electron chi connectivity index (χ1n) is 27.6. The fraction of sp³-hybridized carbons (Fsp3) is 0.712. The number of carbonyl (C=O) groups is 1. The summed E-state index contributed by atoms with van der Waals surface area (Å²) in [6.45, 7) is 4.66. The number of nitrogens with zero attached hydrogens (tertiary/aromatic N) is 1. The number of aliphatic hydroxyl groups is 1. The second-order valence-electron chi connectivity index (χ2n) is 19.6. The van der Waals surface area contributed by atoms with Gasteiger partial charge in [-0.1, -0.05) is 220 Å². The lowest BCUT2D eigenvalue weighted by molar-refractivity contribution is -0.870. The molecular weight excluding hydrogens is 864 g/mol. The first-order valence-corrected chi connectivity index (χ1v) is 29.1. The van der Waals surface area contributed by atoms with Crippen molar-refractivity contribution >= 4 is 13.7 Å². The number of phosphoric ester groups is 1. The Labute approximate surface area is 419 Å². The van der Waals surface area contributed by atoms with Crippen molar-refractivity contribution in [1.29, 1.82) is 0 Å². The van der Waals surface area contributed by atoms with Crippen molar-refractivity contribution < 1.29 is 32.9 Å². The summed E-state index contributed by atoms with van der Waals surface area (Å²) in [5, 5.41) is 13.9. The van der Waals surface area contributed by atoms with Crippen LogP contribution in [0, 0.1) is 0 Å². The highest BCUT2D eigenvalue weighted by Gasteiger charge is 2.27. The molecule has 0 rings (SSSR count). The Balaban J connectivity index is 4.31. The van der Waals surface area contributed by atoms with Gasteiger partial charge in [-0.2, -0.15) is 0 Å². The summed E-state index contributed by atoms with van der Waals surface area (Å²) in [5.41, 5.74) is 0. The minimum atomic E-state index is -4.36. The van der Waals surface area contributed by atoms with Gasteiger partial charge in [0.05, 0.1) is 39.9 Å². The van der Waals surface area contributed by atoms with E-state index in [0.717, 1.165) is 77.0 Å². The summed E-state index contributed by atoms with van der Waals surface area (Å²) in [7, 11) is 1.53. The lowest BCUT2D eigenvalue weighted by Crippen LogP contribution is -2.45. The van der Waals surface area contributed by atoms with Crippen molar-refractivity contribution in [3.05, 3.63) is 97.2 Å². The predicted molar refractivity (Wildman–Crippen MR) is 295 cm³/mol. The Morgan fingerprint density at radius 3 is 1.35 bits per heavy atom. The van der Waals surface area contributed by atoms with Gasteiger partial charge in [-0.15, -0.1) is 0 Å². The maximum Gasteiger partial charge on any atom is 0.472 e. The number of carbonyl (C=O) groups excluding carboxylic acids is 1. The number of hydrogen-bond donors (Lipinski definition) is 3. The number of amides is 1. The molecule has 1 amide bonds. The second kappa shape index (κ2) is 49.4. The molecule has 0 aromatic heterocycles. The van der Waals surface area contributed by atoms with Gasteiger partial charge >= 0.3 is 7.82 Å². The van der Waals surface area contributed by atoms with E-state index < -0.39 is 20.0 Å². The predicted octanol–water partition coefficient (Wildman–Crippen LogP) is 16.6. The van der Waals surface area contributed by atoms with E-state index in [1.165, 1.54) is 122 Å². The third-order valence-corrected chi connectivity index (χ3v) is 12.7. The second-order valence-corrected chi connectivity index (χ2v) is 21.0. The summed E-state index contributed by atoms with van der Waals surface area (Å²) in [4.78, 5) is 23.3. The zero-order chi connectivity index (χ0) is 49.9. The monoisotopic (exact) mass is 970 g/mol. The van der Waals surface area contributed by atoms with Crippen molar-refractivity contribution in [1.82, 2.24) is 5.32 Å². The molecule has 8 nitrogen and oxygen atoms in total. The largest absolute Gasteiger partial charge is 0.472 e. The zero-order valence-corrected chi connectivity index (χ0v) is 45.5. The summed E-state index contributed by atoms with van der Waals surface area (Å²) in [6.07, 6.45) is 70.7. The van der Waals surface area contributed by atoms with E-state index >= 15 is 0 Å². The van der Waals surface area contributed by atoms with Crippen LogP contribution in [0.4, 0.5) is 0 Å². The van der Waals surface area contributed by atoms with Crippen LogP contribution in [0.15, 0.2) is 97.2 Å². The number of aliphatic hydroxyl groups excluding tert-OH is 1. The van der Waals surface area contributed by atoms with Crippen molar-refractivity contribution in [2.45, 2.75) is 231 Å². The lowest BCUT2D eigenvalue weighted by atomic mass is 10.0. The molecular formula is C59H106N2O6P+. The van der Waals surface area contributed by atoms with E-state index in [1.54, 1.807) is 6.08 Å². The van der Waals surface area contributed by atoms with Crippen molar-refractivity contribution in [3.8, 4) is 0 Å². The smallest absolute Gasteiger partial charge is 0.387 e. The van der Waals surface area contributed by atoms with Crippen molar-refractivity contribution in [2.24, 2.45) is 0 Å². The minimum absolute atomic E-state index is 0.0485. The highest BCUT2D eigenvalue weighted by atomic mass is 31.2. The number of quaternary nitrogens is 1. The summed E-state index contributed by atoms with van der Waals surface area (Å²) in [5.74, 6) is -0.198. The SMILES string of the molecule is CC/C=C\C/C=C\C/C=C\C/C=C\C/C=C\CCCCCCCCCCCCCC(=O)NC(COP(=O)(O)OCC[N+](C)(C)C)C(O)/C=C/CC/C=C/CC/C=C/CCCCCCCCCCC. The van der Waals surface area contributed by atoms with Gasteiger partial charge in [-0.25, -0.2) is 4.57 Å². The van der Waals surface area contributed by atoms with Crippen LogP contribution in [-0.4, -0.2) is 73.4 Å². The highest BCUT2D eigenvalue weighted by Crippen LogP contribution is 2.43. The van der Waals surface area contributed by atoms with E-state index in [0.29, 0.717) is 17.4 Å². The number of allylic oxidation sites excluding steroid dienone is 15. The Bertz CT molecular complexity index is 1420. The number of phosphoric acid groups is 1.